The molecule has 43 heavy (non-hydrogen) atoms. The molecule has 3 heterocycles. The van der Waals surface area contributed by atoms with Crippen molar-refractivity contribution in [2.75, 3.05) is 19.5 Å². The van der Waals surface area contributed by atoms with Crippen LogP contribution >= 0.6 is 0 Å². The predicted molar refractivity (Wildman–Crippen MR) is 159 cm³/mol. The van der Waals surface area contributed by atoms with Crippen LogP contribution in [0.15, 0.2) is 97.2 Å². The second-order valence-electron chi connectivity index (χ2n) is 10.9. The van der Waals surface area contributed by atoms with Gasteiger partial charge in [0.15, 0.2) is 23.1 Å². The number of anilines is 1. The van der Waals surface area contributed by atoms with Crippen molar-refractivity contribution >= 4 is 29.2 Å². The number of carbonyl (C=O) groups excluding carboxylic acids is 3. The van der Waals surface area contributed by atoms with E-state index in [4.69, 9.17) is 9.47 Å². The molecule has 0 radical (unpaired) electrons. The Morgan fingerprint density at radius 1 is 0.837 bits per heavy atom. The number of methoxy groups -OCH3 is 2. The third-order valence-corrected chi connectivity index (χ3v) is 8.92. The van der Waals surface area contributed by atoms with Gasteiger partial charge in [0.05, 0.1) is 26.2 Å². The fourth-order valence-corrected chi connectivity index (χ4v) is 7.12. The molecule has 0 aromatic heterocycles. The van der Waals surface area contributed by atoms with E-state index in [9.17, 15) is 18.8 Å². The summed E-state index contributed by atoms with van der Waals surface area (Å²) < 4.78 is 24.8. The third-order valence-electron chi connectivity index (χ3n) is 8.92. The van der Waals surface area contributed by atoms with Crippen molar-refractivity contribution in [1.82, 2.24) is 4.90 Å². The lowest BCUT2D eigenvalue weighted by Crippen LogP contribution is -2.49. The average molecular weight is 575 g/mol. The van der Waals surface area contributed by atoms with Crippen LogP contribution in [-0.2, 0) is 10.2 Å². The van der Waals surface area contributed by atoms with E-state index in [-0.39, 0.29) is 17.3 Å². The first-order valence-electron chi connectivity index (χ1n) is 13.9. The standard InChI is InChI=1S/C35H27FN2O5/c1-42-27-16-13-22(19-28(27)43-2)32(40)30-29(31(39)21-11-14-23(36)15-12-21)35(25-9-5-6-10-26(25)37-34(35)41)33-24-8-4-3-7-20(24)17-18-38(30)33/h3-19,29-30,33H,1-2H3,(H,37,41)/t29-,30+,33+,35-/m0/s1. The van der Waals surface area contributed by atoms with Gasteiger partial charge in [-0.05, 0) is 71.3 Å². The molecular weight excluding hydrogens is 547 g/mol. The van der Waals surface area contributed by atoms with Gasteiger partial charge in [0.25, 0.3) is 0 Å². The van der Waals surface area contributed by atoms with Crippen molar-refractivity contribution < 1.29 is 28.2 Å². The second-order valence-corrected chi connectivity index (χ2v) is 10.9. The molecule has 1 spiro atoms. The lowest BCUT2D eigenvalue weighted by atomic mass is 9.62. The average Bonchev–Trinajstić information content (AvgIpc) is 3.52. The maximum Gasteiger partial charge on any atom is 0.238 e. The SMILES string of the molecule is COc1ccc(C(=O)[C@H]2[C@@H](C(=O)c3ccc(F)cc3)[C@]3(C(=O)Nc4ccccc43)[C@H]3c4ccccc4C=CN23)cc1OC. The number of nitrogens with zero attached hydrogens (tertiary/aromatic N) is 1. The maximum atomic E-state index is 14.7. The Hall–Kier alpha value is -5.24. The van der Waals surface area contributed by atoms with Gasteiger partial charge in [0, 0.05) is 23.0 Å². The first kappa shape index (κ1) is 26.6. The molecule has 1 saturated heterocycles. The van der Waals surface area contributed by atoms with Gasteiger partial charge < -0.3 is 19.7 Å². The lowest BCUT2D eigenvalue weighted by molar-refractivity contribution is -0.122. The molecule has 0 unspecified atom stereocenters. The first-order chi connectivity index (χ1) is 20.9. The highest BCUT2D eigenvalue weighted by Gasteiger charge is 2.70. The van der Waals surface area contributed by atoms with Crippen molar-refractivity contribution in [3.63, 3.8) is 0 Å². The number of ether oxygens (including phenoxy) is 2. The Morgan fingerprint density at radius 3 is 2.30 bits per heavy atom. The minimum atomic E-state index is -1.47. The number of carbonyl (C=O) groups is 3. The molecule has 7 rings (SSSR count). The molecule has 3 aliphatic rings. The Morgan fingerprint density at radius 2 is 1.53 bits per heavy atom. The summed E-state index contributed by atoms with van der Waals surface area (Å²) in [4.78, 5) is 45.8. The van der Waals surface area contributed by atoms with E-state index in [1.165, 1.54) is 38.5 Å². The topological polar surface area (TPSA) is 84.9 Å². The van der Waals surface area contributed by atoms with E-state index in [1.807, 2.05) is 59.6 Å². The highest BCUT2D eigenvalue weighted by atomic mass is 19.1. The molecule has 214 valence electrons. The van der Waals surface area contributed by atoms with E-state index >= 15 is 0 Å². The molecule has 1 amide bonds. The molecule has 4 aromatic rings. The normalized spacial score (nSPS) is 22.9. The molecule has 1 N–H and O–H groups in total. The monoisotopic (exact) mass is 574 g/mol. The van der Waals surface area contributed by atoms with Gasteiger partial charge in [-0.1, -0.05) is 42.5 Å². The molecule has 7 nitrogen and oxygen atoms in total. The molecule has 1 fully saturated rings. The van der Waals surface area contributed by atoms with Crippen LogP contribution in [0.3, 0.4) is 0 Å². The van der Waals surface area contributed by atoms with Crippen molar-refractivity contribution in [1.29, 1.82) is 0 Å². The van der Waals surface area contributed by atoms with E-state index in [0.29, 0.717) is 28.3 Å². The smallest absolute Gasteiger partial charge is 0.238 e. The fourth-order valence-electron chi connectivity index (χ4n) is 7.12. The Balaban J connectivity index is 1.51. The van der Waals surface area contributed by atoms with Crippen LogP contribution in [0.4, 0.5) is 10.1 Å². The van der Waals surface area contributed by atoms with Gasteiger partial charge in [-0.2, -0.15) is 0 Å². The van der Waals surface area contributed by atoms with Crippen molar-refractivity contribution in [2.24, 2.45) is 5.92 Å². The maximum absolute atomic E-state index is 14.7. The minimum Gasteiger partial charge on any atom is -0.493 e. The summed E-state index contributed by atoms with van der Waals surface area (Å²) in [5.41, 5.74) is 2.00. The summed E-state index contributed by atoms with van der Waals surface area (Å²) in [7, 11) is 2.99. The first-order valence-corrected chi connectivity index (χ1v) is 13.9. The molecule has 0 saturated carbocycles. The van der Waals surface area contributed by atoms with Gasteiger partial charge in [-0.15, -0.1) is 0 Å². The van der Waals surface area contributed by atoms with Gasteiger partial charge >= 0.3 is 0 Å². The number of benzene rings is 4. The number of hydrogen-bond donors (Lipinski definition) is 1. The Kier molecular flexibility index (Phi) is 6.16. The zero-order chi connectivity index (χ0) is 29.9. The Labute approximate surface area is 247 Å². The van der Waals surface area contributed by atoms with Crippen LogP contribution in [0, 0.1) is 11.7 Å². The summed E-state index contributed by atoms with van der Waals surface area (Å²) in [5, 5.41) is 3.02. The van der Waals surface area contributed by atoms with Crippen molar-refractivity contribution in [3.8, 4) is 11.5 Å². The zero-order valence-electron chi connectivity index (χ0n) is 23.4. The summed E-state index contributed by atoms with van der Waals surface area (Å²) >= 11 is 0. The second kappa shape index (κ2) is 9.94. The summed E-state index contributed by atoms with van der Waals surface area (Å²) in [6, 6.07) is 23.3. The van der Waals surface area contributed by atoms with Gasteiger partial charge in [-0.3, -0.25) is 14.4 Å². The fraction of sp³-hybridized carbons (Fsp3) is 0.171. The minimum absolute atomic E-state index is 0.213. The van der Waals surface area contributed by atoms with Crippen molar-refractivity contribution in [2.45, 2.75) is 17.5 Å². The zero-order valence-corrected chi connectivity index (χ0v) is 23.4. The number of rotatable bonds is 6. The molecule has 3 aliphatic heterocycles. The third kappa shape index (κ3) is 3.75. The molecule has 8 heteroatoms. The highest BCUT2D eigenvalue weighted by molar-refractivity contribution is 6.16. The van der Waals surface area contributed by atoms with Gasteiger partial charge in [-0.25, -0.2) is 4.39 Å². The van der Waals surface area contributed by atoms with Gasteiger partial charge in [0.1, 0.15) is 17.3 Å². The van der Waals surface area contributed by atoms with E-state index in [2.05, 4.69) is 5.32 Å². The number of hydrogen-bond acceptors (Lipinski definition) is 6. The number of ketones is 2. The number of para-hydroxylation sites is 1. The number of halogens is 1. The predicted octanol–water partition coefficient (Wildman–Crippen LogP) is 5.82. The van der Waals surface area contributed by atoms with Crippen LogP contribution in [-0.4, -0.2) is 42.6 Å². The Bertz CT molecular complexity index is 1830. The van der Waals surface area contributed by atoms with Crippen molar-refractivity contribution in [3.05, 3.63) is 131 Å². The van der Waals surface area contributed by atoms with E-state index in [1.54, 1.807) is 24.3 Å². The molecule has 4 atom stereocenters. The van der Waals surface area contributed by atoms with Crippen LogP contribution in [0.2, 0.25) is 0 Å². The number of amides is 1. The number of fused-ring (bicyclic) bond motifs is 6. The molecule has 0 aliphatic carbocycles. The van der Waals surface area contributed by atoms with E-state index in [0.717, 1.165) is 11.1 Å². The van der Waals surface area contributed by atoms with Gasteiger partial charge in [0.2, 0.25) is 5.91 Å². The summed E-state index contributed by atoms with van der Waals surface area (Å²) in [6.45, 7) is 0. The molecule has 0 bridgehead atoms. The van der Waals surface area contributed by atoms with Crippen LogP contribution < -0.4 is 14.8 Å². The summed E-state index contributed by atoms with van der Waals surface area (Å²) in [5.74, 6) is -1.98. The largest absolute Gasteiger partial charge is 0.493 e. The number of nitrogens with one attached hydrogen (secondary N) is 1. The van der Waals surface area contributed by atoms with Crippen LogP contribution in [0.5, 0.6) is 11.5 Å². The molecule has 4 aromatic carbocycles. The van der Waals surface area contributed by atoms with Crippen LogP contribution in [0.1, 0.15) is 43.4 Å². The molecular formula is C35H27FN2O5. The number of Topliss-reactive ketones (excluding diaryl/α,β-unsaturated/α-hetero) is 2. The lowest BCUT2D eigenvalue weighted by Gasteiger charge is -2.38. The summed E-state index contributed by atoms with van der Waals surface area (Å²) in [6.07, 6.45) is 3.71. The highest BCUT2D eigenvalue weighted by Crippen LogP contribution is 2.62. The van der Waals surface area contributed by atoms with Crippen LogP contribution in [0.25, 0.3) is 6.08 Å². The quantitative estimate of drug-likeness (QED) is 0.292. The van der Waals surface area contributed by atoms with E-state index < -0.39 is 35.0 Å².